The van der Waals surface area contributed by atoms with Crippen LogP contribution in [0.4, 0.5) is 0 Å². The lowest BCUT2D eigenvalue weighted by Gasteiger charge is -2.21. The number of hydrogen-bond acceptors (Lipinski definition) is 4. The molecule has 0 heterocycles. The van der Waals surface area contributed by atoms with E-state index in [1.54, 1.807) is 48.5 Å². The van der Waals surface area contributed by atoms with Crippen molar-refractivity contribution in [1.82, 2.24) is 0 Å². The molecular formula is C34H22O4. The molecule has 0 aromatic heterocycles. The fraction of sp³-hybridized carbons (Fsp3) is 0. The fourth-order valence-corrected chi connectivity index (χ4v) is 4.62. The van der Waals surface area contributed by atoms with Gasteiger partial charge in [0.2, 0.25) is 0 Å². The molecule has 0 unspecified atom stereocenters. The van der Waals surface area contributed by atoms with Crippen molar-refractivity contribution in [3.05, 3.63) is 131 Å². The number of carbonyl (C=O) groups is 4. The maximum atomic E-state index is 11.4. The van der Waals surface area contributed by atoms with Gasteiger partial charge in [-0.3, -0.25) is 19.2 Å². The quantitative estimate of drug-likeness (QED) is 0.208. The summed E-state index contributed by atoms with van der Waals surface area (Å²) in [7, 11) is 0. The van der Waals surface area contributed by atoms with Crippen molar-refractivity contribution in [2.75, 3.05) is 0 Å². The van der Waals surface area contributed by atoms with E-state index in [4.69, 9.17) is 0 Å². The van der Waals surface area contributed by atoms with E-state index in [1.807, 2.05) is 60.7 Å². The third-order valence-corrected chi connectivity index (χ3v) is 6.59. The molecule has 5 aromatic carbocycles. The highest BCUT2D eigenvalue weighted by molar-refractivity contribution is 6.02. The van der Waals surface area contributed by atoms with Crippen LogP contribution < -0.4 is 0 Å². The van der Waals surface area contributed by atoms with Crippen LogP contribution in [0.3, 0.4) is 0 Å². The van der Waals surface area contributed by atoms with Crippen molar-refractivity contribution < 1.29 is 19.2 Å². The Bertz CT molecular complexity index is 1500. The average molecular weight is 495 g/mol. The van der Waals surface area contributed by atoms with Crippen molar-refractivity contribution in [3.8, 4) is 44.5 Å². The lowest BCUT2D eigenvalue weighted by atomic mass is 9.82. The molecule has 0 aliphatic carbocycles. The third-order valence-electron chi connectivity index (χ3n) is 6.59. The van der Waals surface area contributed by atoms with E-state index < -0.39 is 0 Å². The molecule has 182 valence electrons. The Labute approximate surface area is 220 Å². The molecule has 0 radical (unpaired) electrons. The van der Waals surface area contributed by atoms with Gasteiger partial charge in [-0.25, -0.2) is 0 Å². The normalized spacial score (nSPS) is 10.5. The number of rotatable bonds is 8. The first-order valence-electron chi connectivity index (χ1n) is 12.0. The molecule has 4 heteroatoms. The van der Waals surface area contributed by atoms with Crippen LogP contribution in [0.1, 0.15) is 41.4 Å². The smallest absolute Gasteiger partial charge is 0.150 e. The summed E-state index contributed by atoms with van der Waals surface area (Å²) in [6.07, 6.45) is 3.25. The van der Waals surface area contributed by atoms with Gasteiger partial charge in [-0.15, -0.1) is 0 Å². The molecule has 0 amide bonds. The van der Waals surface area contributed by atoms with E-state index in [0.29, 0.717) is 22.3 Å². The first kappa shape index (κ1) is 24.5. The molecule has 0 spiro atoms. The molecule has 5 aromatic rings. The summed E-state index contributed by atoms with van der Waals surface area (Å²) in [5, 5.41) is 0. The monoisotopic (exact) mass is 494 g/mol. The van der Waals surface area contributed by atoms with Gasteiger partial charge >= 0.3 is 0 Å². The lowest BCUT2D eigenvalue weighted by molar-refractivity contribution is 0.111. The molecule has 0 N–H and O–H groups in total. The summed E-state index contributed by atoms with van der Waals surface area (Å²) in [6.45, 7) is 0. The molecule has 5 rings (SSSR count). The van der Waals surface area contributed by atoms with E-state index in [1.165, 1.54) is 0 Å². The fourth-order valence-electron chi connectivity index (χ4n) is 4.62. The number of benzene rings is 5. The van der Waals surface area contributed by atoms with Crippen LogP contribution in [-0.2, 0) is 0 Å². The van der Waals surface area contributed by atoms with Crippen molar-refractivity contribution in [2.24, 2.45) is 0 Å². The zero-order valence-electron chi connectivity index (χ0n) is 20.3. The van der Waals surface area contributed by atoms with Crippen LogP contribution in [0.25, 0.3) is 44.5 Å². The van der Waals surface area contributed by atoms with E-state index in [9.17, 15) is 19.2 Å². The van der Waals surface area contributed by atoms with Crippen molar-refractivity contribution in [3.63, 3.8) is 0 Å². The predicted molar refractivity (Wildman–Crippen MR) is 150 cm³/mol. The van der Waals surface area contributed by atoms with Gasteiger partial charge in [0, 0.05) is 22.3 Å². The van der Waals surface area contributed by atoms with Crippen LogP contribution in [-0.4, -0.2) is 25.1 Å². The van der Waals surface area contributed by atoms with Gasteiger partial charge in [0.15, 0.2) is 0 Å². The minimum absolute atomic E-state index is 0.572. The number of hydrogen-bond donors (Lipinski definition) is 0. The van der Waals surface area contributed by atoms with E-state index in [2.05, 4.69) is 0 Å². The van der Waals surface area contributed by atoms with Crippen molar-refractivity contribution in [2.45, 2.75) is 0 Å². The van der Waals surface area contributed by atoms with Crippen LogP contribution in [0.15, 0.2) is 109 Å². The summed E-state index contributed by atoms with van der Waals surface area (Å²) in [5.41, 5.74) is 9.77. The highest BCUT2D eigenvalue weighted by atomic mass is 16.1. The second-order valence-electron chi connectivity index (χ2n) is 8.87. The van der Waals surface area contributed by atoms with Crippen LogP contribution >= 0.6 is 0 Å². The SMILES string of the molecule is O=Cc1ccc(-c2ccc(-c3ccc(C=O)cc3)c(-c3ccc(C=O)cc3)c2-c2ccc(C=O)cc2)cc1. The standard InChI is InChI=1S/C34H22O4/c35-19-23-1-9-27(10-2-23)31-17-18-32(28-11-3-24(20-36)4-12-28)34(30-15-7-26(22-38)8-16-30)33(31)29-13-5-25(21-37)6-14-29/h1-22H. The van der Waals surface area contributed by atoms with Gasteiger partial charge in [-0.05, 0) is 44.5 Å². The summed E-state index contributed by atoms with van der Waals surface area (Å²) < 4.78 is 0. The highest BCUT2D eigenvalue weighted by Gasteiger charge is 2.19. The molecule has 0 bridgehead atoms. The Hall–Kier alpha value is -5.22. The molecule has 0 fully saturated rings. The average Bonchev–Trinajstić information content (AvgIpc) is 3.00. The molecular weight excluding hydrogens is 472 g/mol. The lowest BCUT2D eigenvalue weighted by Crippen LogP contribution is -1.96. The van der Waals surface area contributed by atoms with Crippen molar-refractivity contribution >= 4 is 25.1 Å². The Balaban J connectivity index is 1.86. The van der Waals surface area contributed by atoms with E-state index >= 15 is 0 Å². The van der Waals surface area contributed by atoms with Gasteiger partial charge in [0.25, 0.3) is 0 Å². The second-order valence-corrected chi connectivity index (χ2v) is 8.87. The zero-order chi connectivity index (χ0) is 26.5. The topological polar surface area (TPSA) is 68.3 Å². The Kier molecular flexibility index (Phi) is 6.96. The number of carbonyl (C=O) groups excluding carboxylic acids is 4. The zero-order valence-corrected chi connectivity index (χ0v) is 20.3. The minimum atomic E-state index is 0.572. The predicted octanol–water partition coefficient (Wildman–Crippen LogP) is 7.60. The Morgan fingerprint density at radius 1 is 0.289 bits per heavy atom. The molecule has 0 saturated carbocycles. The molecule has 4 nitrogen and oxygen atoms in total. The van der Waals surface area contributed by atoms with Gasteiger partial charge < -0.3 is 0 Å². The largest absolute Gasteiger partial charge is 0.298 e. The molecule has 0 aliphatic rings. The summed E-state index contributed by atoms with van der Waals surface area (Å²) in [6, 6.07) is 33.7. The van der Waals surface area contributed by atoms with Crippen LogP contribution in [0.5, 0.6) is 0 Å². The van der Waals surface area contributed by atoms with E-state index in [0.717, 1.165) is 69.7 Å². The maximum absolute atomic E-state index is 11.4. The molecule has 38 heavy (non-hydrogen) atoms. The van der Waals surface area contributed by atoms with Gasteiger partial charge in [0.1, 0.15) is 25.1 Å². The van der Waals surface area contributed by atoms with Gasteiger partial charge in [-0.1, -0.05) is 109 Å². The molecule has 0 aliphatic heterocycles. The third kappa shape index (κ3) is 4.75. The van der Waals surface area contributed by atoms with Crippen LogP contribution in [0.2, 0.25) is 0 Å². The molecule has 0 atom stereocenters. The second kappa shape index (κ2) is 10.8. The summed E-state index contributed by atoms with van der Waals surface area (Å²) in [4.78, 5) is 45.3. The Morgan fingerprint density at radius 2 is 0.526 bits per heavy atom. The number of aldehydes is 4. The maximum Gasteiger partial charge on any atom is 0.150 e. The van der Waals surface area contributed by atoms with Gasteiger partial charge in [-0.2, -0.15) is 0 Å². The molecule has 0 saturated heterocycles. The summed E-state index contributed by atoms with van der Waals surface area (Å²) >= 11 is 0. The highest BCUT2D eigenvalue weighted by Crippen LogP contribution is 2.45. The van der Waals surface area contributed by atoms with Crippen LogP contribution in [0, 0.1) is 0 Å². The Morgan fingerprint density at radius 3 is 0.763 bits per heavy atom. The minimum Gasteiger partial charge on any atom is -0.298 e. The first-order chi connectivity index (χ1) is 18.6. The summed E-state index contributed by atoms with van der Waals surface area (Å²) in [5.74, 6) is 0. The van der Waals surface area contributed by atoms with Crippen molar-refractivity contribution in [1.29, 1.82) is 0 Å². The van der Waals surface area contributed by atoms with Gasteiger partial charge in [0.05, 0.1) is 0 Å². The first-order valence-corrected chi connectivity index (χ1v) is 12.0. The van der Waals surface area contributed by atoms with E-state index in [-0.39, 0.29) is 0 Å².